The van der Waals surface area contributed by atoms with Crippen molar-refractivity contribution in [3.63, 3.8) is 0 Å². The number of hydrogen-bond acceptors (Lipinski definition) is 1. The number of rotatable bonds is 3. The Morgan fingerprint density at radius 2 is 1.02 bits per heavy atom. The van der Waals surface area contributed by atoms with E-state index in [4.69, 9.17) is 9.90 Å². The van der Waals surface area contributed by atoms with E-state index in [-0.39, 0.29) is 45.7 Å². The van der Waals surface area contributed by atoms with Gasteiger partial charge in [0.15, 0.2) is 0 Å². The summed E-state index contributed by atoms with van der Waals surface area (Å²) in [6, 6.07) is 31.7. The van der Waals surface area contributed by atoms with E-state index < -0.39 is 24.2 Å². The van der Waals surface area contributed by atoms with Gasteiger partial charge in [0.25, 0.3) is 0 Å². The lowest BCUT2D eigenvalue weighted by molar-refractivity contribution is 0.673. The van der Waals surface area contributed by atoms with Crippen molar-refractivity contribution in [3.05, 3.63) is 158 Å². The van der Waals surface area contributed by atoms with E-state index in [0.717, 1.165) is 27.3 Å². The van der Waals surface area contributed by atoms with Crippen LogP contribution >= 0.6 is 0 Å². The summed E-state index contributed by atoms with van der Waals surface area (Å²) < 4.78 is 78.9. The molecule has 1 heteroatoms. The molecule has 200 valence electrons. The molecule has 1 heterocycles. The van der Waals surface area contributed by atoms with Crippen molar-refractivity contribution in [2.75, 3.05) is 0 Å². The molecular weight excluding hydrogens is 520 g/mol. The van der Waals surface area contributed by atoms with E-state index in [2.05, 4.69) is 0 Å². The molecule has 0 aliphatic carbocycles. The minimum Gasteiger partial charge on any atom is -0.455 e. The molecule has 0 spiro atoms. The lowest BCUT2D eigenvalue weighted by atomic mass is 9.84. The van der Waals surface area contributed by atoms with Crippen LogP contribution in [0.1, 0.15) is 11.0 Å². The van der Waals surface area contributed by atoms with Crippen LogP contribution in [0.4, 0.5) is 0 Å². The molecule has 0 unspecified atom stereocenters. The van der Waals surface area contributed by atoms with Gasteiger partial charge in [0.2, 0.25) is 0 Å². The van der Waals surface area contributed by atoms with E-state index in [1.807, 2.05) is 103 Å². The summed E-state index contributed by atoms with van der Waals surface area (Å²) in [5.74, 6) is 0. The van der Waals surface area contributed by atoms with Crippen LogP contribution in [0, 0.1) is 0 Å². The fourth-order valence-electron chi connectivity index (χ4n) is 6.41. The molecule has 0 radical (unpaired) electrons. The van der Waals surface area contributed by atoms with E-state index >= 15 is 0 Å². The minimum absolute atomic E-state index is 0.170. The number of furan rings is 1. The molecule has 0 saturated heterocycles. The van der Waals surface area contributed by atoms with Crippen molar-refractivity contribution in [2.24, 2.45) is 0 Å². The zero-order chi connectivity index (χ0) is 35.3. The molecule has 43 heavy (non-hydrogen) atoms. The van der Waals surface area contributed by atoms with E-state index in [0.29, 0.717) is 38.8 Å². The quantitative estimate of drug-likeness (QED) is 0.198. The fraction of sp³-hybridized carbons (Fsp3) is 0. The lowest BCUT2D eigenvalue weighted by Gasteiger charge is -2.18. The first-order valence-electron chi connectivity index (χ1n) is 18.1. The largest absolute Gasteiger partial charge is 0.455 e. The minimum atomic E-state index is -0.436. The predicted molar refractivity (Wildman–Crippen MR) is 183 cm³/mol. The Balaban J connectivity index is 1.51. The summed E-state index contributed by atoms with van der Waals surface area (Å²) in [5, 5.41) is 4.06. The number of benzene rings is 8. The third-order valence-corrected chi connectivity index (χ3v) is 8.31. The second-order valence-corrected chi connectivity index (χ2v) is 10.6. The summed E-state index contributed by atoms with van der Waals surface area (Å²) in [6.07, 6.45) is 0. The average molecular weight is 555 g/mol. The Labute approximate surface area is 260 Å². The van der Waals surface area contributed by atoms with Crippen molar-refractivity contribution >= 4 is 54.3 Å². The lowest BCUT2D eigenvalue weighted by Crippen LogP contribution is -1.91. The summed E-state index contributed by atoms with van der Waals surface area (Å²) >= 11 is 0. The summed E-state index contributed by atoms with van der Waals surface area (Å²) in [6.45, 7) is 0. The maximum atomic E-state index is 9.35. The molecule has 0 aliphatic rings. The van der Waals surface area contributed by atoms with Crippen molar-refractivity contribution < 1.29 is 15.4 Å². The Morgan fingerprint density at radius 1 is 0.419 bits per heavy atom. The van der Waals surface area contributed by atoms with Gasteiger partial charge in [0.05, 0.1) is 11.0 Å². The molecule has 0 bridgehead atoms. The third kappa shape index (κ3) is 3.65. The van der Waals surface area contributed by atoms with Crippen LogP contribution in [-0.2, 0) is 0 Å². The molecule has 9 rings (SSSR count). The first-order valence-corrected chi connectivity index (χ1v) is 14.1. The highest BCUT2D eigenvalue weighted by Gasteiger charge is 2.20. The Hall–Kier alpha value is -5.66. The maximum absolute atomic E-state index is 9.35. The van der Waals surface area contributed by atoms with Gasteiger partial charge in [0, 0.05) is 16.2 Å². The molecule has 9 aromatic rings. The van der Waals surface area contributed by atoms with Crippen LogP contribution in [0.25, 0.3) is 87.6 Å². The van der Waals surface area contributed by atoms with Crippen LogP contribution in [0.3, 0.4) is 0 Å². The van der Waals surface area contributed by atoms with Gasteiger partial charge in [-0.1, -0.05) is 145 Å². The molecule has 0 aliphatic heterocycles. The first kappa shape index (κ1) is 17.3. The Bertz CT molecular complexity index is 2850. The van der Waals surface area contributed by atoms with Crippen LogP contribution in [-0.4, -0.2) is 0 Å². The van der Waals surface area contributed by atoms with Crippen molar-refractivity contribution in [2.45, 2.75) is 0 Å². The summed E-state index contributed by atoms with van der Waals surface area (Å²) in [5.41, 5.74) is 4.83. The molecule has 1 aromatic heterocycles. The van der Waals surface area contributed by atoms with Gasteiger partial charge in [0.1, 0.15) is 11.2 Å². The smallest absolute Gasteiger partial charge is 0.143 e. The Kier molecular flexibility index (Phi) is 3.80. The van der Waals surface area contributed by atoms with Gasteiger partial charge in [-0.25, -0.2) is 0 Å². The van der Waals surface area contributed by atoms with Crippen LogP contribution in [0.5, 0.6) is 0 Å². The molecule has 0 atom stereocenters. The van der Waals surface area contributed by atoms with E-state index in [1.165, 1.54) is 0 Å². The maximum Gasteiger partial charge on any atom is 0.143 e. The van der Waals surface area contributed by atoms with Crippen molar-refractivity contribution in [3.8, 4) is 33.4 Å². The highest BCUT2D eigenvalue weighted by atomic mass is 16.3. The number of hydrogen-bond donors (Lipinski definition) is 0. The van der Waals surface area contributed by atoms with Crippen LogP contribution < -0.4 is 0 Å². The van der Waals surface area contributed by atoms with Gasteiger partial charge < -0.3 is 4.42 Å². The molecule has 0 fully saturated rings. The SMILES string of the molecule is [2H]c1c([2H])c([2H])c2c(-c3cccc4oc5c6ccccc6ccc5c34)c3c([2H])c([2H])c([2H])c([2H])c3c(-c3ccc(-c4ccccc4)cc3)c2c1[2H]. The standard InChI is InChI=1S/C42H26O/c1-2-11-27(12-3-1)28-21-23-30(24-22-28)39-32-15-6-8-17-34(32)40(35-18-9-7-16-33(35)39)36-19-10-20-38-41(36)37-26-25-29-13-4-5-14-31(29)42(37)43-38/h1-26H/i6D,7D,8D,9D,15D,16D,17D,18D. The van der Waals surface area contributed by atoms with Crippen molar-refractivity contribution in [1.29, 1.82) is 0 Å². The predicted octanol–water partition coefficient (Wildman–Crippen LogP) is 12.0. The van der Waals surface area contributed by atoms with Crippen LogP contribution in [0.15, 0.2) is 162 Å². The average Bonchev–Trinajstić information content (AvgIpc) is 3.56. The van der Waals surface area contributed by atoms with Gasteiger partial charge in [-0.15, -0.1) is 0 Å². The Morgan fingerprint density at radius 3 is 1.74 bits per heavy atom. The van der Waals surface area contributed by atoms with Gasteiger partial charge in [-0.2, -0.15) is 0 Å². The van der Waals surface area contributed by atoms with Gasteiger partial charge in [-0.3, -0.25) is 0 Å². The van der Waals surface area contributed by atoms with Gasteiger partial charge >= 0.3 is 0 Å². The topological polar surface area (TPSA) is 13.1 Å². The van der Waals surface area contributed by atoms with Crippen LogP contribution in [0.2, 0.25) is 0 Å². The molecule has 0 saturated carbocycles. The molecule has 8 aromatic carbocycles. The monoisotopic (exact) mass is 554 g/mol. The summed E-state index contributed by atoms with van der Waals surface area (Å²) in [7, 11) is 0. The van der Waals surface area contributed by atoms with E-state index in [9.17, 15) is 5.48 Å². The third-order valence-electron chi connectivity index (χ3n) is 8.31. The zero-order valence-electron chi connectivity index (χ0n) is 30.8. The van der Waals surface area contributed by atoms with Crippen molar-refractivity contribution in [1.82, 2.24) is 0 Å². The second kappa shape index (κ2) is 9.44. The van der Waals surface area contributed by atoms with E-state index in [1.54, 1.807) is 6.07 Å². The molecular formula is C42H26O. The molecule has 1 nitrogen and oxygen atoms in total. The zero-order valence-corrected chi connectivity index (χ0v) is 22.8. The highest BCUT2D eigenvalue weighted by molar-refractivity contribution is 6.27. The molecule has 0 amide bonds. The van der Waals surface area contributed by atoms with Gasteiger partial charge in [-0.05, 0) is 72.4 Å². The highest BCUT2D eigenvalue weighted by Crippen LogP contribution is 2.47. The number of fused-ring (bicyclic) bond motifs is 7. The summed E-state index contributed by atoms with van der Waals surface area (Å²) in [4.78, 5) is 0. The molecule has 0 N–H and O–H groups in total. The first-order chi connectivity index (χ1) is 24.7. The second-order valence-electron chi connectivity index (χ2n) is 10.6. The fourth-order valence-corrected chi connectivity index (χ4v) is 6.41. The normalized spacial score (nSPS) is 14.3.